The van der Waals surface area contributed by atoms with Gasteiger partial charge in [-0.3, -0.25) is 15.0 Å². The number of pyridine rings is 1. The number of nitrogens with one attached hydrogen (secondary N) is 1. The molecule has 9 heteroatoms. The molecule has 0 saturated heterocycles. The Balaban J connectivity index is 1.67. The molecule has 0 aliphatic heterocycles. The van der Waals surface area contributed by atoms with E-state index in [1.54, 1.807) is 30.6 Å². The Morgan fingerprint density at radius 2 is 1.83 bits per heavy atom. The maximum Gasteiger partial charge on any atom is 0.418 e. The molecule has 0 atom stereocenters. The van der Waals surface area contributed by atoms with E-state index in [1.165, 1.54) is 18.6 Å². The maximum atomic E-state index is 13.3. The topological polar surface area (TPSA) is 76.5 Å². The van der Waals surface area contributed by atoms with Crippen molar-refractivity contribution in [3.05, 3.63) is 72.2 Å². The number of aryl methyl sites for hydroxylation is 1. The zero-order chi connectivity index (χ0) is 20.4. The highest BCUT2D eigenvalue weighted by Gasteiger charge is 2.34. The van der Waals surface area contributed by atoms with Crippen molar-refractivity contribution in [3.63, 3.8) is 0 Å². The van der Waals surface area contributed by atoms with Crippen LogP contribution >= 0.6 is 0 Å². The third-order valence-corrected chi connectivity index (χ3v) is 4.29. The van der Waals surface area contributed by atoms with Gasteiger partial charge in [-0.1, -0.05) is 6.07 Å². The van der Waals surface area contributed by atoms with Crippen molar-refractivity contribution < 1.29 is 13.2 Å². The van der Waals surface area contributed by atoms with E-state index in [0.717, 1.165) is 17.5 Å². The molecule has 146 valence electrons. The molecule has 29 heavy (non-hydrogen) atoms. The van der Waals surface area contributed by atoms with E-state index in [-0.39, 0.29) is 5.69 Å². The number of alkyl halides is 3. The molecule has 0 fully saturated rings. The molecule has 0 unspecified atom stereocenters. The number of aromatic nitrogens is 5. The highest BCUT2D eigenvalue weighted by molar-refractivity contribution is 5.91. The molecular weight excluding hydrogens is 381 g/mol. The predicted octanol–water partition coefficient (Wildman–Crippen LogP) is 4.42. The third kappa shape index (κ3) is 3.98. The minimum Gasteiger partial charge on any atom is -0.364 e. The molecule has 0 spiro atoms. The fraction of sp³-hybridized carbons (Fsp3) is 0.150. The summed E-state index contributed by atoms with van der Waals surface area (Å²) in [6.07, 6.45) is 1.55. The lowest BCUT2D eigenvalue weighted by molar-refractivity contribution is -0.137. The molecule has 0 bridgehead atoms. The second-order valence-corrected chi connectivity index (χ2v) is 6.35. The van der Waals surface area contributed by atoms with Gasteiger partial charge in [0, 0.05) is 23.3 Å². The number of benzene rings is 1. The fourth-order valence-electron chi connectivity index (χ4n) is 2.89. The van der Waals surface area contributed by atoms with E-state index in [1.807, 2.05) is 6.92 Å². The van der Waals surface area contributed by atoms with Gasteiger partial charge in [0.05, 0.1) is 40.9 Å². The summed E-state index contributed by atoms with van der Waals surface area (Å²) in [5.74, 6) is 0.556. The van der Waals surface area contributed by atoms with Crippen molar-refractivity contribution >= 4 is 16.7 Å². The fourth-order valence-corrected chi connectivity index (χ4v) is 2.89. The van der Waals surface area contributed by atoms with Crippen molar-refractivity contribution in [1.29, 1.82) is 0 Å². The van der Waals surface area contributed by atoms with Crippen molar-refractivity contribution in [3.8, 4) is 11.3 Å². The summed E-state index contributed by atoms with van der Waals surface area (Å²) in [5, 5.41) is 3.85. The first-order valence-electron chi connectivity index (χ1n) is 8.70. The van der Waals surface area contributed by atoms with Crippen molar-refractivity contribution in [1.82, 2.24) is 24.9 Å². The van der Waals surface area contributed by atoms with Gasteiger partial charge < -0.3 is 5.32 Å². The summed E-state index contributed by atoms with van der Waals surface area (Å²) in [7, 11) is 0. The Kier molecular flexibility index (Phi) is 4.79. The van der Waals surface area contributed by atoms with Crippen LogP contribution in [0, 0.1) is 6.92 Å². The van der Waals surface area contributed by atoms with Crippen LogP contribution in [-0.2, 0) is 12.7 Å². The Labute approximate surface area is 163 Å². The average molecular weight is 396 g/mol. The van der Waals surface area contributed by atoms with Crippen LogP contribution in [0.2, 0.25) is 0 Å². The zero-order valence-corrected chi connectivity index (χ0v) is 15.3. The first-order valence-corrected chi connectivity index (χ1v) is 8.70. The highest BCUT2D eigenvalue weighted by Crippen LogP contribution is 2.36. The van der Waals surface area contributed by atoms with Gasteiger partial charge in [0.15, 0.2) is 0 Å². The molecule has 3 aromatic heterocycles. The smallest absolute Gasteiger partial charge is 0.364 e. The van der Waals surface area contributed by atoms with Crippen molar-refractivity contribution in [2.75, 3.05) is 5.32 Å². The number of rotatable bonds is 4. The first kappa shape index (κ1) is 18.7. The molecule has 0 amide bonds. The van der Waals surface area contributed by atoms with Crippen molar-refractivity contribution in [2.24, 2.45) is 0 Å². The van der Waals surface area contributed by atoms with E-state index in [0.29, 0.717) is 28.8 Å². The summed E-state index contributed by atoms with van der Waals surface area (Å²) in [6.45, 7) is 2.26. The number of hydrogen-bond donors (Lipinski definition) is 1. The standard InChI is InChI=1S/C20H15F3N6/c1-12-8-26-14(9-25-12)10-27-19-15-5-4-13(7-17(15)28-11-29-19)18-16(20(21,22)23)3-2-6-24-18/h2-9,11H,10H2,1H3,(H,27,28,29). The average Bonchev–Trinajstić information content (AvgIpc) is 2.72. The molecule has 1 aromatic carbocycles. The maximum absolute atomic E-state index is 13.3. The molecular formula is C20H15F3N6. The van der Waals surface area contributed by atoms with Gasteiger partial charge in [0.1, 0.15) is 12.1 Å². The lowest BCUT2D eigenvalue weighted by Gasteiger charge is -2.13. The largest absolute Gasteiger partial charge is 0.418 e. The predicted molar refractivity (Wildman–Crippen MR) is 102 cm³/mol. The van der Waals surface area contributed by atoms with Crippen LogP contribution in [0.5, 0.6) is 0 Å². The zero-order valence-electron chi connectivity index (χ0n) is 15.3. The van der Waals surface area contributed by atoms with Gasteiger partial charge in [-0.25, -0.2) is 9.97 Å². The molecule has 3 heterocycles. The summed E-state index contributed by atoms with van der Waals surface area (Å²) >= 11 is 0. The van der Waals surface area contributed by atoms with Gasteiger partial charge in [-0.2, -0.15) is 13.2 Å². The van der Waals surface area contributed by atoms with E-state index < -0.39 is 11.7 Å². The number of anilines is 1. The molecule has 0 radical (unpaired) electrons. The van der Waals surface area contributed by atoms with E-state index in [4.69, 9.17) is 0 Å². The van der Waals surface area contributed by atoms with Crippen LogP contribution in [0.1, 0.15) is 17.0 Å². The minimum absolute atomic E-state index is 0.134. The van der Waals surface area contributed by atoms with Gasteiger partial charge >= 0.3 is 6.18 Å². The molecule has 0 saturated carbocycles. The van der Waals surface area contributed by atoms with Crippen LogP contribution in [0.4, 0.5) is 19.0 Å². The van der Waals surface area contributed by atoms with Gasteiger partial charge in [-0.05, 0) is 31.2 Å². The number of nitrogens with zero attached hydrogens (tertiary/aromatic N) is 5. The van der Waals surface area contributed by atoms with Crippen LogP contribution in [-0.4, -0.2) is 24.9 Å². The molecule has 1 N–H and O–H groups in total. The van der Waals surface area contributed by atoms with Gasteiger partial charge in [0.25, 0.3) is 0 Å². The first-order chi connectivity index (χ1) is 13.9. The quantitative estimate of drug-likeness (QED) is 0.550. The van der Waals surface area contributed by atoms with Gasteiger partial charge in [0.2, 0.25) is 0 Å². The number of hydrogen-bond acceptors (Lipinski definition) is 6. The van der Waals surface area contributed by atoms with Crippen molar-refractivity contribution in [2.45, 2.75) is 19.6 Å². The second-order valence-electron chi connectivity index (χ2n) is 6.35. The second kappa shape index (κ2) is 7.42. The Hall–Kier alpha value is -3.62. The summed E-state index contributed by atoms with van der Waals surface area (Å²) in [6, 6.07) is 7.13. The lowest BCUT2D eigenvalue weighted by Crippen LogP contribution is -2.08. The Morgan fingerprint density at radius 3 is 2.59 bits per heavy atom. The molecule has 4 rings (SSSR count). The lowest BCUT2D eigenvalue weighted by atomic mass is 10.0. The summed E-state index contributed by atoms with van der Waals surface area (Å²) in [4.78, 5) is 20.8. The van der Waals surface area contributed by atoms with Crippen LogP contribution < -0.4 is 5.32 Å². The van der Waals surface area contributed by atoms with Gasteiger partial charge in [-0.15, -0.1) is 0 Å². The van der Waals surface area contributed by atoms with E-state index >= 15 is 0 Å². The number of fused-ring (bicyclic) bond motifs is 1. The van der Waals surface area contributed by atoms with E-state index in [2.05, 4.69) is 30.2 Å². The SMILES string of the molecule is Cc1cnc(CNc2ncnc3cc(-c4ncccc4C(F)(F)F)ccc23)cn1. The van der Waals surface area contributed by atoms with Crippen LogP contribution in [0.25, 0.3) is 22.2 Å². The molecule has 6 nitrogen and oxygen atoms in total. The number of halogens is 3. The van der Waals surface area contributed by atoms with Crippen LogP contribution in [0.15, 0.2) is 55.2 Å². The highest BCUT2D eigenvalue weighted by atomic mass is 19.4. The Bertz CT molecular complexity index is 1160. The third-order valence-electron chi connectivity index (χ3n) is 4.29. The normalized spacial score (nSPS) is 11.6. The minimum atomic E-state index is -4.49. The summed E-state index contributed by atoms with van der Waals surface area (Å²) in [5.41, 5.74) is 1.48. The summed E-state index contributed by atoms with van der Waals surface area (Å²) < 4.78 is 39.9. The Morgan fingerprint density at radius 1 is 0.966 bits per heavy atom. The monoisotopic (exact) mass is 396 g/mol. The molecule has 0 aliphatic rings. The van der Waals surface area contributed by atoms with Crippen LogP contribution in [0.3, 0.4) is 0 Å². The molecule has 4 aromatic rings. The van der Waals surface area contributed by atoms with E-state index in [9.17, 15) is 13.2 Å². The molecule has 0 aliphatic carbocycles.